The van der Waals surface area contributed by atoms with E-state index in [0.29, 0.717) is 18.7 Å². The van der Waals surface area contributed by atoms with Gasteiger partial charge in [0, 0.05) is 36.3 Å². The van der Waals surface area contributed by atoms with Crippen LogP contribution in [-0.4, -0.2) is 43.0 Å². The normalized spacial score (nSPS) is 12.3. The van der Waals surface area contributed by atoms with Crippen molar-refractivity contribution < 1.29 is 14.3 Å². The van der Waals surface area contributed by atoms with Gasteiger partial charge in [0.1, 0.15) is 24.3 Å². The number of rotatable bonds is 7. The Bertz CT molecular complexity index is 1300. The number of carbonyl (C=O) groups is 2. The molecule has 4 aromatic rings. The number of para-hydroxylation sites is 1. The van der Waals surface area contributed by atoms with Gasteiger partial charge in [-0.05, 0) is 50.1 Å². The van der Waals surface area contributed by atoms with E-state index in [0.717, 1.165) is 22.0 Å². The van der Waals surface area contributed by atoms with Crippen LogP contribution in [0.25, 0.3) is 10.9 Å². The van der Waals surface area contributed by atoms with Gasteiger partial charge in [-0.1, -0.05) is 30.3 Å². The molecule has 0 bridgehead atoms. The van der Waals surface area contributed by atoms with E-state index in [1.807, 2.05) is 66.3 Å². The van der Waals surface area contributed by atoms with Gasteiger partial charge in [0.15, 0.2) is 0 Å². The fourth-order valence-corrected chi connectivity index (χ4v) is 3.89. The monoisotopic (exact) mass is 474 g/mol. The lowest BCUT2D eigenvalue weighted by molar-refractivity contribution is -0.118. The molecule has 35 heavy (non-hydrogen) atoms. The Morgan fingerprint density at radius 2 is 1.83 bits per heavy atom. The average Bonchev–Trinajstić information content (AvgIpc) is 3.41. The zero-order chi connectivity index (χ0) is 25.0. The summed E-state index contributed by atoms with van der Waals surface area (Å²) in [4.78, 5) is 29.8. The molecule has 2 amide bonds. The second-order valence-electron chi connectivity index (χ2n) is 9.46. The summed E-state index contributed by atoms with van der Waals surface area (Å²) in [6, 6.07) is 14.6. The first-order valence-corrected chi connectivity index (χ1v) is 11.4. The molecule has 0 unspecified atom stereocenters. The zero-order valence-electron chi connectivity index (χ0n) is 20.4. The molecule has 0 saturated carbocycles. The van der Waals surface area contributed by atoms with Crippen LogP contribution in [0.15, 0.2) is 67.4 Å². The Labute approximate surface area is 204 Å². The molecule has 4 rings (SSSR count). The van der Waals surface area contributed by atoms with Crippen molar-refractivity contribution in [2.24, 2.45) is 7.05 Å². The number of ether oxygens (including phenoxy) is 1. The number of fused-ring (bicyclic) bond motifs is 1. The van der Waals surface area contributed by atoms with Crippen LogP contribution in [-0.2, 0) is 29.5 Å². The highest BCUT2D eigenvalue weighted by molar-refractivity contribution is 5.97. The van der Waals surface area contributed by atoms with Gasteiger partial charge in [-0.3, -0.25) is 4.79 Å². The SMILES string of the molecule is Cn1cc(C[C@H](NC(=O)OC(C)(C)C)C(=O)Nc2ccc(Cn3cncn3)cc2)c2ccccc21. The van der Waals surface area contributed by atoms with Gasteiger partial charge in [-0.15, -0.1) is 0 Å². The molecule has 0 aliphatic heterocycles. The van der Waals surface area contributed by atoms with E-state index in [4.69, 9.17) is 4.74 Å². The Balaban J connectivity index is 1.51. The average molecular weight is 475 g/mol. The number of hydrogen-bond acceptors (Lipinski definition) is 5. The van der Waals surface area contributed by atoms with E-state index < -0.39 is 17.7 Å². The van der Waals surface area contributed by atoms with Crippen LogP contribution in [0.5, 0.6) is 0 Å². The summed E-state index contributed by atoms with van der Waals surface area (Å²) < 4.78 is 9.15. The minimum absolute atomic E-state index is 0.316. The number of anilines is 1. The lowest BCUT2D eigenvalue weighted by atomic mass is 10.0. The largest absolute Gasteiger partial charge is 0.444 e. The fourth-order valence-electron chi connectivity index (χ4n) is 3.89. The van der Waals surface area contributed by atoms with Crippen LogP contribution in [0.2, 0.25) is 0 Å². The second-order valence-corrected chi connectivity index (χ2v) is 9.46. The minimum Gasteiger partial charge on any atom is -0.444 e. The van der Waals surface area contributed by atoms with E-state index >= 15 is 0 Å². The first-order chi connectivity index (χ1) is 16.7. The first kappa shape index (κ1) is 24.0. The van der Waals surface area contributed by atoms with Crippen LogP contribution >= 0.6 is 0 Å². The molecule has 2 aromatic heterocycles. The standard InChI is InChI=1S/C26H30N6O3/c1-26(2,3)35-25(34)30-22(13-19-15-31(4)23-8-6-5-7-21(19)23)24(33)29-20-11-9-18(10-12-20)14-32-17-27-16-28-32/h5-12,15-17,22H,13-14H2,1-4H3,(H,29,33)(H,30,34)/t22-/m0/s1. The van der Waals surface area contributed by atoms with Gasteiger partial charge in [0.25, 0.3) is 0 Å². The third-order valence-corrected chi connectivity index (χ3v) is 5.44. The molecule has 9 nitrogen and oxygen atoms in total. The molecular weight excluding hydrogens is 444 g/mol. The Kier molecular flexibility index (Phi) is 6.86. The van der Waals surface area contributed by atoms with Crippen molar-refractivity contribution in [3.63, 3.8) is 0 Å². The van der Waals surface area contributed by atoms with Gasteiger partial charge in [0.05, 0.1) is 6.54 Å². The first-order valence-electron chi connectivity index (χ1n) is 11.4. The number of nitrogens with one attached hydrogen (secondary N) is 2. The zero-order valence-corrected chi connectivity index (χ0v) is 20.4. The number of aryl methyl sites for hydroxylation is 1. The van der Waals surface area contributed by atoms with Gasteiger partial charge in [0.2, 0.25) is 5.91 Å². The fraction of sp³-hybridized carbons (Fsp3) is 0.308. The molecule has 0 saturated heterocycles. The maximum Gasteiger partial charge on any atom is 0.408 e. The van der Waals surface area contributed by atoms with E-state index in [1.165, 1.54) is 6.33 Å². The Morgan fingerprint density at radius 3 is 2.51 bits per heavy atom. The summed E-state index contributed by atoms with van der Waals surface area (Å²) in [5.41, 5.74) is 2.99. The maximum absolute atomic E-state index is 13.3. The third-order valence-electron chi connectivity index (χ3n) is 5.44. The highest BCUT2D eigenvalue weighted by Gasteiger charge is 2.26. The second kappa shape index (κ2) is 10.0. The quantitative estimate of drug-likeness (QED) is 0.423. The number of carbonyl (C=O) groups excluding carboxylic acids is 2. The van der Waals surface area contributed by atoms with Crippen molar-refractivity contribution in [2.45, 2.75) is 45.4 Å². The molecule has 0 aliphatic rings. The van der Waals surface area contributed by atoms with Crippen LogP contribution in [0, 0.1) is 0 Å². The predicted molar refractivity (Wildman–Crippen MR) is 134 cm³/mol. The van der Waals surface area contributed by atoms with Crippen LogP contribution in [0.3, 0.4) is 0 Å². The van der Waals surface area contributed by atoms with E-state index in [2.05, 4.69) is 20.7 Å². The van der Waals surface area contributed by atoms with E-state index in [9.17, 15) is 9.59 Å². The lowest BCUT2D eigenvalue weighted by Crippen LogP contribution is -2.47. The Morgan fingerprint density at radius 1 is 1.09 bits per heavy atom. The van der Waals surface area contributed by atoms with Gasteiger partial charge < -0.3 is 19.9 Å². The number of hydrogen-bond donors (Lipinski definition) is 2. The topological polar surface area (TPSA) is 103 Å². The smallest absolute Gasteiger partial charge is 0.408 e. The van der Waals surface area contributed by atoms with Crippen LogP contribution < -0.4 is 10.6 Å². The molecule has 2 aromatic carbocycles. The van der Waals surface area contributed by atoms with Crippen LogP contribution in [0.1, 0.15) is 31.9 Å². The number of nitrogens with zero attached hydrogens (tertiary/aromatic N) is 4. The predicted octanol–water partition coefficient (Wildman–Crippen LogP) is 3.89. The summed E-state index contributed by atoms with van der Waals surface area (Å²) in [6.45, 7) is 5.94. The molecule has 0 spiro atoms. The van der Waals surface area contributed by atoms with Crippen LogP contribution in [0.4, 0.5) is 10.5 Å². The number of aromatic nitrogens is 4. The highest BCUT2D eigenvalue weighted by atomic mass is 16.6. The van der Waals surface area contributed by atoms with Crippen molar-refractivity contribution in [2.75, 3.05) is 5.32 Å². The molecule has 0 aliphatic carbocycles. The highest BCUT2D eigenvalue weighted by Crippen LogP contribution is 2.22. The van der Waals surface area contributed by atoms with Crippen molar-refractivity contribution in [1.82, 2.24) is 24.6 Å². The van der Waals surface area contributed by atoms with Gasteiger partial charge in [-0.25, -0.2) is 14.5 Å². The van der Waals surface area contributed by atoms with Gasteiger partial charge >= 0.3 is 6.09 Å². The number of benzene rings is 2. The molecule has 0 fully saturated rings. The summed E-state index contributed by atoms with van der Waals surface area (Å²) >= 11 is 0. The molecule has 2 heterocycles. The molecule has 182 valence electrons. The Hall–Kier alpha value is -4.14. The molecular formula is C26H30N6O3. The van der Waals surface area contributed by atoms with Crippen molar-refractivity contribution in [1.29, 1.82) is 0 Å². The number of amides is 2. The minimum atomic E-state index is -0.828. The van der Waals surface area contributed by atoms with Crippen molar-refractivity contribution in [3.05, 3.63) is 78.5 Å². The third kappa shape index (κ3) is 6.26. The molecule has 1 atom stereocenters. The lowest BCUT2D eigenvalue weighted by Gasteiger charge is -2.23. The summed E-state index contributed by atoms with van der Waals surface area (Å²) in [5.74, 6) is -0.326. The summed E-state index contributed by atoms with van der Waals surface area (Å²) in [6.07, 6.45) is 4.80. The van der Waals surface area contributed by atoms with Gasteiger partial charge in [-0.2, -0.15) is 5.10 Å². The summed E-state index contributed by atoms with van der Waals surface area (Å²) in [5, 5.41) is 10.8. The molecule has 9 heteroatoms. The van der Waals surface area contributed by atoms with E-state index in [1.54, 1.807) is 31.8 Å². The summed E-state index contributed by atoms with van der Waals surface area (Å²) in [7, 11) is 1.96. The molecule has 2 N–H and O–H groups in total. The number of alkyl carbamates (subject to hydrolysis) is 1. The van der Waals surface area contributed by atoms with Crippen molar-refractivity contribution >= 4 is 28.6 Å². The molecule has 0 radical (unpaired) electrons. The van der Waals surface area contributed by atoms with E-state index in [-0.39, 0.29) is 5.91 Å². The maximum atomic E-state index is 13.3. The van der Waals surface area contributed by atoms with Crippen molar-refractivity contribution in [3.8, 4) is 0 Å².